The minimum atomic E-state index is 0. The Labute approximate surface area is 92.2 Å². The van der Waals surface area contributed by atoms with Crippen LogP contribution in [0.15, 0.2) is 36.5 Å². The molecule has 0 amide bonds. The Morgan fingerprint density at radius 3 is 2.38 bits per heavy atom. The topological polar surface area (TPSA) is 12.9 Å². The van der Waals surface area contributed by atoms with Crippen molar-refractivity contribution < 1.29 is 0 Å². The van der Waals surface area contributed by atoms with E-state index in [2.05, 4.69) is 17.1 Å². The Hall–Kier alpha value is -0.670. The zero-order chi connectivity index (χ0) is 8.39. The van der Waals surface area contributed by atoms with Crippen molar-refractivity contribution in [3.8, 4) is 10.4 Å². The third-order valence-corrected chi connectivity index (χ3v) is 2.64. The second kappa shape index (κ2) is 4.53. The van der Waals surface area contributed by atoms with E-state index in [9.17, 15) is 0 Å². The highest BCUT2D eigenvalue weighted by atomic mass is 79.9. The SMILES string of the molecule is Br.Cc1ncc(-c2ccccc2)s1. The van der Waals surface area contributed by atoms with Crippen molar-refractivity contribution in [1.82, 2.24) is 4.98 Å². The minimum Gasteiger partial charge on any atom is -0.249 e. The van der Waals surface area contributed by atoms with E-state index in [4.69, 9.17) is 0 Å². The highest BCUT2D eigenvalue weighted by Gasteiger charge is 1.98. The maximum absolute atomic E-state index is 4.21. The summed E-state index contributed by atoms with van der Waals surface area (Å²) in [6.07, 6.45) is 1.93. The summed E-state index contributed by atoms with van der Waals surface area (Å²) < 4.78 is 0. The summed E-state index contributed by atoms with van der Waals surface area (Å²) in [6, 6.07) is 10.3. The largest absolute Gasteiger partial charge is 0.249 e. The first-order valence-electron chi connectivity index (χ1n) is 3.84. The number of hydrogen-bond acceptors (Lipinski definition) is 2. The molecule has 0 saturated carbocycles. The standard InChI is InChI=1S/C10H9NS.BrH/c1-8-11-7-10(12-8)9-5-3-2-4-6-9;/h2-7H,1H3;1H. The van der Waals surface area contributed by atoms with E-state index in [0.717, 1.165) is 5.01 Å². The Morgan fingerprint density at radius 1 is 1.15 bits per heavy atom. The fourth-order valence-electron chi connectivity index (χ4n) is 1.10. The quantitative estimate of drug-likeness (QED) is 0.758. The molecule has 1 aromatic heterocycles. The van der Waals surface area contributed by atoms with Crippen molar-refractivity contribution in [2.45, 2.75) is 6.92 Å². The van der Waals surface area contributed by atoms with Crippen LogP contribution in [0.1, 0.15) is 5.01 Å². The molecule has 3 heteroatoms. The van der Waals surface area contributed by atoms with Gasteiger partial charge in [0.15, 0.2) is 0 Å². The van der Waals surface area contributed by atoms with E-state index in [1.807, 2.05) is 31.3 Å². The second-order valence-corrected chi connectivity index (χ2v) is 3.84. The summed E-state index contributed by atoms with van der Waals surface area (Å²) >= 11 is 1.73. The van der Waals surface area contributed by atoms with Crippen LogP contribution in [-0.2, 0) is 0 Å². The van der Waals surface area contributed by atoms with Gasteiger partial charge >= 0.3 is 0 Å². The maximum atomic E-state index is 4.21. The van der Waals surface area contributed by atoms with Crippen LogP contribution in [0.5, 0.6) is 0 Å². The number of rotatable bonds is 1. The lowest BCUT2D eigenvalue weighted by atomic mass is 10.2. The van der Waals surface area contributed by atoms with Crippen LogP contribution in [0.4, 0.5) is 0 Å². The van der Waals surface area contributed by atoms with Gasteiger partial charge in [-0.05, 0) is 12.5 Å². The van der Waals surface area contributed by atoms with Gasteiger partial charge in [-0.1, -0.05) is 30.3 Å². The zero-order valence-corrected chi connectivity index (χ0v) is 9.76. The summed E-state index contributed by atoms with van der Waals surface area (Å²) in [4.78, 5) is 5.46. The maximum Gasteiger partial charge on any atom is 0.0900 e. The number of aromatic nitrogens is 1. The molecule has 0 aliphatic carbocycles. The van der Waals surface area contributed by atoms with Crippen LogP contribution in [-0.4, -0.2) is 4.98 Å². The monoisotopic (exact) mass is 255 g/mol. The van der Waals surface area contributed by atoms with Crippen molar-refractivity contribution in [1.29, 1.82) is 0 Å². The van der Waals surface area contributed by atoms with Gasteiger partial charge in [-0.25, -0.2) is 4.98 Å². The molecule has 0 radical (unpaired) electrons. The van der Waals surface area contributed by atoms with Crippen molar-refractivity contribution in [3.05, 3.63) is 41.5 Å². The summed E-state index contributed by atoms with van der Waals surface area (Å²) in [5, 5.41) is 1.12. The Bertz CT molecular complexity index is 369. The Morgan fingerprint density at radius 2 is 1.85 bits per heavy atom. The van der Waals surface area contributed by atoms with Crippen molar-refractivity contribution in [2.75, 3.05) is 0 Å². The first kappa shape index (κ1) is 10.4. The van der Waals surface area contributed by atoms with E-state index in [1.165, 1.54) is 10.4 Å². The van der Waals surface area contributed by atoms with Crippen molar-refractivity contribution >= 4 is 28.3 Å². The zero-order valence-electron chi connectivity index (χ0n) is 7.23. The predicted molar refractivity (Wildman–Crippen MR) is 62.6 cm³/mol. The molecule has 1 heterocycles. The van der Waals surface area contributed by atoms with Gasteiger partial charge in [0.25, 0.3) is 0 Å². The molecule has 13 heavy (non-hydrogen) atoms. The number of halogens is 1. The average Bonchev–Trinajstić information content (AvgIpc) is 2.54. The first-order valence-corrected chi connectivity index (χ1v) is 4.66. The van der Waals surface area contributed by atoms with Gasteiger partial charge in [0, 0.05) is 6.20 Å². The molecule has 0 aliphatic rings. The molecular weight excluding hydrogens is 246 g/mol. The van der Waals surface area contributed by atoms with Gasteiger partial charge in [-0.2, -0.15) is 0 Å². The molecule has 0 aliphatic heterocycles. The van der Waals surface area contributed by atoms with Gasteiger partial charge in [0.1, 0.15) is 0 Å². The lowest BCUT2D eigenvalue weighted by Gasteiger charge is -1.92. The lowest BCUT2D eigenvalue weighted by molar-refractivity contribution is 1.30. The van der Waals surface area contributed by atoms with E-state index >= 15 is 0 Å². The summed E-state index contributed by atoms with van der Waals surface area (Å²) in [6.45, 7) is 2.02. The smallest absolute Gasteiger partial charge is 0.0900 e. The third kappa shape index (κ3) is 2.39. The minimum absolute atomic E-state index is 0. The van der Waals surface area contributed by atoms with Gasteiger partial charge in [-0.3, -0.25) is 0 Å². The van der Waals surface area contributed by atoms with E-state index in [0.29, 0.717) is 0 Å². The summed E-state index contributed by atoms with van der Waals surface area (Å²) in [5.74, 6) is 0. The Kier molecular flexibility index (Phi) is 3.63. The van der Waals surface area contributed by atoms with E-state index < -0.39 is 0 Å². The molecule has 0 atom stereocenters. The van der Waals surface area contributed by atoms with Crippen molar-refractivity contribution in [3.63, 3.8) is 0 Å². The number of thiazole rings is 1. The first-order chi connectivity index (χ1) is 5.86. The number of aryl methyl sites for hydroxylation is 1. The summed E-state index contributed by atoms with van der Waals surface area (Å²) in [7, 11) is 0. The van der Waals surface area contributed by atoms with Crippen LogP contribution in [0.25, 0.3) is 10.4 Å². The lowest BCUT2D eigenvalue weighted by Crippen LogP contribution is -1.67. The van der Waals surface area contributed by atoms with Crippen molar-refractivity contribution in [2.24, 2.45) is 0 Å². The molecule has 68 valence electrons. The highest BCUT2D eigenvalue weighted by Crippen LogP contribution is 2.24. The molecule has 2 rings (SSSR count). The second-order valence-electron chi connectivity index (χ2n) is 2.61. The molecule has 0 fully saturated rings. The highest BCUT2D eigenvalue weighted by molar-refractivity contribution is 8.93. The van der Waals surface area contributed by atoms with Gasteiger partial charge in [0.05, 0.1) is 9.88 Å². The number of hydrogen-bond donors (Lipinski definition) is 0. The Balaban J connectivity index is 0.000000845. The number of benzene rings is 1. The van der Waals surface area contributed by atoms with Crippen LogP contribution in [0.2, 0.25) is 0 Å². The molecule has 0 N–H and O–H groups in total. The fraction of sp³-hybridized carbons (Fsp3) is 0.100. The van der Waals surface area contributed by atoms with Gasteiger partial charge < -0.3 is 0 Å². The summed E-state index contributed by atoms with van der Waals surface area (Å²) in [5.41, 5.74) is 1.25. The predicted octanol–water partition coefficient (Wildman–Crippen LogP) is 3.70. The van der Waals surface area contributed by atoms with Crippen LogP contribution < -0.4 is 0 Å². The molecule has 0 bridgehead atoms. The average molecular weight is 256 g/mol. The van der Waals surface area contributed by atoms with E-state index in [1.54, 1.807) is 11.3 Å². The molecule has 2 aromatic rings. The normalized spacial score (nSPS) is 9.31. The molecule has 0 saturated heterocycles. The molecule has 0 spiro atoms. The van der Waals surface area contributed by atoms with Gasteiger partial charge in [0.2, 0.25) is 0 Å². The molecule has 1 aromatic carbocycles. The number of nitrogens with zero attached hydrogens (tertiary/aromatic N) is 1. The van der Waals surface area contributed by atoms with Crippen LogP contribution in [0.3, 0.4) is 0 Å². The van der Waals surface area contributed by atoms with E-state index in [-0.39, 0.29) is 17.0 Å². The molecule has 1 nitrogen and oxygen atoms in total. The van der Waals surface area contributed by atoms with Crippen LogP contribution in [0, 0.1) is 6.92 Å². The molecular formula is C10H10BrNS. The third-order valence-electron chi connectivity index (χ3n) is 1.68. The molecule has 0 unspecified atom stereocenters. The van der Waals surface area contributed by atoms with Gasteiger partial charge in [-0.15, -0.1) is 28.3 Å². The van der Waals surface area contributed by atoms with Crippen LogP contribution >= 0.6 is 28.3 Å². The fourth-order valence-corrected chi connectivity index (χ4v) is 1.88.